The van der Waals surface area contributed by atoms with E-state index in [0.717, 1.165) is 0 Å². The number of hydrazine groups is 1. The lowest BCUT2D eigenvalue weighted by Crippen LogP contribution is -2.50. The van der Waals surface area contributed by atoms with E-state index >= 15 is 0 Å². The highest BCUT2D eigenvalue weighted by Gasteiger charge is 2.27. The summed E-state index contributed by atoms with van der Waals surface area (Å²) in [5.74, 6) is 0.392. The Morgan fingerprint density at radius 1 is 1.09 bits per heavy atom. The van der Waals surface area contributed by atoms with E-state index in [2.05, 4.69) is 10.9 Å². The quantitative estimate of drug-likeness (QED) is 0.820. The zero-order chi connectivity index (χ0) is 16.1. The second-order valence-electron chi connectivity index (χ2n) is 5.07. The minimum Gasteiger partial charge on any atom is -0.485 e. The first-order valence-corrected chi connectivity index (χ1v) is 7.30. The monoisotopic (exact) mass is 315 g/mol. The van der Waals surface area contributed by atoms with Gasteiger partial charge in [0.25, 0.3) is 5.91 Å². The van der Waals surface area contributed by atoms with E-state index in [4.69, 9.17) is 9.47 Å². The van der Waals surface area contributed by atoms with Gasteiger partial charge in [-0.3, -0.25) is 20.4 Å². The molecule has 1 aliphatic rings. The summed E-state index contributed by atoms with van der Waals surface area (Å²) >= 11 is 0. The fraction of sp³-hybridized carbons (Fsp3) is 0.250. The molecule has 0 aliphatic carbocycles. The Morgan fingerprint density at radius 3 is 2.61 bits per heavy atom. The van der Waals surface area contributed by atoms with Crippen LogP contribution >= 0.6 is 0 Å². The number of aromatic nitrogens is 1. The lowest BCUT2D eigenvalue weighted by molar-refractivity contribution is -0.135. The van der Waals surface area contributed by atoms with Gasteiger partial charge in [0.2, 0.25) is 12.0 Å². The molecule has 2 amide bonds. The molecule has 1 aliphatic heterocycles. The van der Waals surface area contributed by atoms with Gasteiger partial charge in [0.15, 0.2) is 11.5 Å². The van der Waals surface area contributed by atoms with Crippen LogP contribution in [0.5, 0.6) is 11.5 Å². The molecule has 2 heterocycles. The summed E-state index contributed by atoms with van der Waals surface area (Å²) in [5.41, 5.74) is 4.74. The van der Waals surface area contributed by atoms with E-state index in [1.165, 1.54) is 0 Å². The first-order chi connectivity index (χ1) is 11.2. The number of ether oxygens (including phenoxy) is 2. The van der Waals surface area contributed by atoms with Gasteiger partial charge < -0.3 is 14.0 Å². The zero-order valence-electron chi connectivity index (χ0n) is 12.4. The SMILES string of the molecule is O=C(CCn1cccc1)NNC(=O)[C@@H]1COc2ccccc2O1. The van der Waals surface area contributed by atoms with Gasteiger partial charge in [0.05, 0.1) is 0 Å². The minimum atomic E-state index is -0.797. The van der Waals surface area contributed by atoms with E-state index in [1.807, 2.05) is 35.2 Å². The van der Waals surface area contributed by atoms with Crippen molar-refractivity contribution in [2.75, 3.05) is 6.61 Å². The highest BCUT2D eigenvalue weighted by atomic mass is 16.6. The molecule has 2 N–H and O–H groups in total. The summed E-state index contributed by atoms with van der Waals surface area (Å²) in [7, 11) is 0. The highest BCUT2D eigenvalue weighted by molar-refractivity contribution is 5.85. The van der Waals surface area contributed by atoms with E-state index in [-0.39, 0.29) is 18.9 Å². The maximum Gasteiger partial charge on any atom is 0.283 e. The van der Waals surface area contributed by atoms with Gasteiger partial charge in [-0.15, -0.1) is 0 Å². The van der Waals surface area contributed by atoms with Crippen molar-refractivity contribution in [3.63, 3.8) is 0 Å². The fourth-order valence-corrected chi connectivity index (χ4v) is 2.17. The first-order valence-electron chi connectivity index (χ1n) is 7.30. The molecule has 0 unspecified atom stereocenters. The van der Waals surface area contributed by atoms with Crippen LogP contribution in [0.3, 0.4) is 0 Å². The van der Waals surface area contributed by atoms with Gasteiger partial charge in [0, 0.05) is 25.4 Å². The van der Waals surface area contributed by atoms with Crippen molar-refractivity contribution in [3.8, 4) is 11.5 Å². The second kappa shape index (κ2) is 6.87. The number of nitrogens with zero attached hydrogens (tertiary/aromatic N) is 1. The first kappa shape index (κ1) is 15.0. The minimum absolute atomic E-state index is 0.0993. The van der Waals surface area contributed by atoms with E-state index in [9.17, 15) is 9.59 Å². The smallest absolute Gasteiger partial charge is 0.283 e. The molecule has 0 radical (unpaired) electrons. The van der Waals surface area contributed by atoms with Crippen molar-refractivity contribution in [1.29, 1.82) is 0 Å². The fourth-order valence-electron chi connectivity index (χ4n) is 2.17. The van der Waals surface area contributed by atoms with Gasteiger partial charge in [0.1, 0.15) is 6.61 Å². The van der Waals surface area contributed by atoms with Crippen molar-refractivity contribution in [1.82, 2.24) is 15.4 Å². The number of fused-ring (bicyclic) bond motifs is 1. The second-order valence-corrected chi connectivity index (χ2v) is 5.07. The summed E-state index contributed by atoms with van der Waals surface area (Å²) < 4.78 is 12.9. The van der Waals surface area contributed by atoms with E-state index in [0.29, 0.717) is 18.0 Å². The zero-order valence-corrected chi connectivity index (χ0v) is 12.4. The average Bonchev–Trinajstić information content (AvgIpc) is 3.11. The predicted molar refractivity (Wildman–Crippen MR) is 81.7 cm³/mol. The Hall–Kier alpha value is -2.96. The Morgan fingerprint density at radius 2 is 1.83 bits per heavy atom. The maximum atomic E-state index is 12.0. The standard InChI is InChI=1S/C16H17N3O4/c20-15(7-10-19-8-3-4-9-19)17-18-16(21)14-11-22-12-5-1-2-6-13(12)23-14/h1-6,8-9,14H,7,10-11H2,(H,17,20)(H,18,21)/t14-/m0/s1. The Kier molecular flexibility index (Phi) is 4.46. The number of carbonyl (C=O) groups is 2. The summed E-state index contributed by atoms with van der Waals surface area (Å²) in [4.78, 5) is 23.7. The number of para-hydroxylation sites is 2. The third-order valence-corrected chi connectivity index (χ3v) is 3.39. The summed E-state index contributed by atoms with van der Waals surface area (Å²) in [6, 6.07) is 10.9. The molecule has 1 atom stereocenters. The number of benzene rings is 1. The summed E-state index contributed by atoms with van der Waals surface area (Å²) in [5, 5.41) is 0. The molecule has 1 aromatic heterocycles. The molecule has 7 heteroatoms. The molecule has 7 nitrogen and oxygen atoms in total. The van der Waals surface area contributed by atoms with Gasteiger partial charge >= 0.3 is 0 Å². The normalized spacial score (nSPS) is 15.7. The van der Waals surface area contributed by atoms with Crippen LogP contribution in [-0.2, 0) is 16.1 Å². The summed E-state index contributed by atoms with van der Waals surface area (Å²) in [6.07, 6.45) is 3.21. The maximum absolute atomic E-state index is 12.0. The van der Waals surface area contributed by atoms with Crippen LogP contribution in [0.4, 0.5) is 0 Å². The number of carbonyl (C=O) groups excluding carboxylic acids is 2. The number of aryl methyl sites for hydroxylation is 1. The van der Waals surface area contributed by atoms with Crippen molar-refractivity contribution < 1.29 is 19.1 Å². The molecule has 1 aromatic carbocycles. The molecule has 0 spiro atoms. The van der Waals surface area contributed by atoms with Crippen molar-refractivity contribution in [2.24, 2.45) is 0 Å². The number of nitrogens with one attached hydrogen (secondary N) is 2. The number of amides is 2. The molecule has 0 bridgehead atoms. The Bertz CT molecular complexity index is 684. The third kappa shape index (κ3) is 3.82. The highest BCUT2D eigenvalue weighted by Crippen LogP contribution is 2.30. The molecule has 0 saturated heterocycles. The lowest BCUT2D eigenvalue weighted by atomic mass is 10.2. The topological polar surface area (TPSA) is 81.6 Å². The Labute approximate surface area is 133 Å². The van der Waals surface area contributed by atoms with Crippen LogP contribution in [0.15, 0.2) is 48.8 Å². The number of hydrogen-bond donors (Lipinski definition) is 2. The van der Waals surface area contributed by atoms with Crippen LogP contribution < -0.4 is 20.3 Å². The largest absolute Gasteiger partial charge is 0.485 e. The average molecular weight is 315 g/mol. The van der Waals surface area contributed by atoms with Gasteiger partial charge in [-0.05, 0) is 24.3 Å². The molecular weight excluding hydrogens is 298 g/mol. The molecule has 120 valence electrons. The van der Waals surface area contributed by atoms with Crippen LogP contribution in [0.1, 0.15) is 6.42 Å². The molecule has 3 rings (SSSR count). The van der Waals surface area contributed by atoms with Crippen molar-refractivity contribution >= 4 is 11.8 Å². The van der Waals surface area contributed by atoms with Crippen LogP contribution in [0.2, 0.25) is 0 Å². The molecule has 0 saturated carbocycles. The van der Waals surface area contributed by atoms with Gasteiger partial charge in [-0.25, -0.2) is 0 Å². The Balaban J connectivity index is 1.44. The van der Waals surface area contributed by atoms with Gasteiger partial charge in [-0.1, -0.05) is 12.1 Å². The lowest BCUT2D eigenvalue weighted by Gasteiger charge is -2.25. The predicted octanol–water partition coefficient (Wildman–Crippen LogP) is 0.866. The number of rotatable bonds is 4. The van der Waals surface area contributed by atoms with E-state index < -0.39 is 12.0 Å². The van der Waals surface area contributed by atoms with Gasteiger partial charge in [-0.2, -0.15) is 0 Å². The molecule has 2 aromatic rings. The third-order valence-electron chi connectivity index (χ3n) is 3.39. The van der Waals surface area contributed by atoms with Crippen LogP contribution in [-0.4, -0.2) is 29.1 Å². The molecule has 23 heavy (non-hydrogen) atoms. The molecule has 0 fully saturated rings. The van der Waals surface area contributed by atoms with Crippen molar-refractivity contribution in [3.05, 3.63) is 48.8 Å². The molecular formula is C16H17N3O4. The number of hydrogen-bond acceptors (Lipinski definition) is 4. The summed E-state index contributed by atoms with van der Waals surface area (Å²) in [6.45, 7) is 0.646. The van der Waals surface area contributed by atoms with Crippen LogP contribution in [0.25, 0.3) is 0 Å². The van der Waals surface area contributed by atoms with Crippen molar-refractivity contribution in [2.45, 2.75) is 19.1 Å². The van der Waals surface area contributed by atoms with E-state index in [1.54, 1.807) is 18.2 Å². The van der Waals surface area contributed by atoms with Crippen LogP contribution in [0, 0.1) is 0 Å².